The van der Waals surface area contributed by atoms with Crippen LogP contribution in [0, 0.1) is 0 Å². The van der Waals surface area contributed by atoms with Gasteiger partial charge in [0.05, 0.1) is 24.3 Å². The number of nitrogens with zero attached hydrogens (tertiary/aromatic N) is 1. The monoisotopic (exact) mass is 140 g/mol. The van der Waals surface area contributed by atoms with Gasteiger partial charge >= 0.3 is 0 Å². The lowest BCUT2D eigenvalue weighted by Gasteiger charge is -2.04. The summed E-state index contributed by atoms with van der Waals surface area (Å²) in [4.78, 5) is 6.67. The van der Waals surface area contributed by atoms with Crippen LogP contribution in [0.3, 0.4) is 0 Å². The van der Waals surface area contributed by atoms with Gasteiger partial charge in [-0.1, -0.05) is 13.3 Å². The standard InChI is InChI=1S/C7H12N2O/c1-2-3-7(10)6-4-8-5-9-6/h4-5,7,10H,2-3H2,1H3,(H,8,9). The Kier molecular flexibility index (Phi) is 2.45. The first-order valence-corrected chi connectivity index (χ1v) is 3.51. The minimum Gasteiger partial charge on any atom is -0.387 e. The van der Waals surface area contributed by atoms with Crippen molar-refractivity contribution in [3.8, 4) is 0 Å². The van der Waals surface area contributed by atoms with Crippen LogP contribution in [0.15, 0.2) is 12.5 Å². The van der Waals surface area contributed by atoms with Gasteiger partial charge in [0.15, 0.2) is 0 Å². The van der Waals surface area contributed by atoms with Crippen LogP contribution in [0.25, 0.3) is 0 Å². The number of H-pyrrole nitrogens is 1. The molecule has 3 heteroatoms. The molecule has 3 nitrogen and oxygen atoms in total. The van der Waals surface area contributed by atoms with E-state index < -0.39 is 0 Å². The smallest absolute Gasteiger partial charge is 0.0953 e. The van der Waals surface area contributed by atoms with Gasteiger partial charge in [0.25, 0.3) is 0 Å². The van der Waals surface area contributed by atoms with Crippen molar-refractivity contribution in [2.45, 2.75) is 25.9 Å². The number of hydrogen-bond donors (Lipinski definition) is 2. The van der Waals surface area contributed by atoms with E-state index in [0.717, 1.165) is 18.5 Å². The van der Waals surface area contributed by atoms with Crippen LogP contribution >= 0.6 is 0 Å². The first-order chi connectivity index (χ1) is 4.84. The molecule has 1 aromatic rings. The highest BCUT2D eigenvalue weighted by Crippen LogP contribution is 2.13. The molecule has 1 rings (SSSR count). The summed E-state index contributed by atoms with van der Waals surface area (Å²) in [6.07, 6.45) is 4.64. The van der Waals surface area contributed by atoms with Crippen molar-refractivity contribution in [3.05, 3.63) is 18.2 Å². The Balaban J connectivity index is 2.50. The summed E-state index contributed by atoms with van der Waals surface area (Å²) in [6.45, 7) is 2.04. The highest BCUT2D eigenvalue weighted by atomic mass is 16.3. The second-order valence-corrected chi connectivity index (χ2v) is 2.31. The molecule has 1 aromatic heterocycles. The Morgan fingerprint density at radius 3 is 3.10 bits per heavy atom. The van der Waals surface area contributed by atoms with Gasteiger partial charge in [-0.25, -0.2) is 4.98 Å². The van der Waals surface area contributed by atoms with Crippen molar-refractivity contribution in [2.75, 3.05) is 0 Å². The Bertz CT molecular complexity index is 172. The maximum absolute atomic E-state index is 9.34. The number of aliphatic hydroxyl groups excluding tert-OH is 1. The van der Waals surface area contributed by atoms with Gasteiger partial charge in [-0.15, -0.1) is 0 Å². The van der Waals surface area contributed by atoms with E-state index in [0.29, 0.717) is 0 Å². The first kappa shape index (κ1) is 7.28. The van der Waals surface area contributed by atoms with E-state index in [4.69, 9.17) is 0 Å². The van der Waals surface area contributed by atoms with Gasteiger partial charge in [-0.05, 0) is 6.42 Å². The molecule has 1 atom stereocenters. The molecule has 1 heterocycles. The Morgan fingerprint density at radius 2 is 2.60 bits per heavy atom. The maximum atomic E-state index is 9.34. The number of rotatable bonds is 3. The van der Waals surface area contributed by atoms with Crippen LogP contribution in [0.4, 0.5) is 0 Å². The highest BCUT2D eigenvalue weighted by molar-refractivity contribution is 4.98. The number of imidazole rings is 1. The summed E-state index contributed by atoms with van der Waals surface area (Å²) in [5.74, 6) is 0. The van der Waals surface area contributed by atoms with Crippen molar-refractivity contribution in [1.29, 1.82) is 0 Å². The predicted molar refractivity (Wildman–Crippen MR) is 38.5 cm³/mol. The fourth-order valence-electron chi connectivity index (χ4n) is 0.878. The van der Waals surface area contributed by atoms with Crippen LogP contribution in [-0.4, -0.2) is 15.1 Å². The van der Waals surface area contributed by atoms with Crippen molar-refractivity contribution in [2.24, 2.45) is 0 Å². The van der Waals surface area contributed by atoms with Gasteiger partial charge < -0.3 is 10.1 Å². The van der Waals surface area contributed by atoms with E-state index in [9.17, 15) is 5.11 Å². The molecule has 0 saturated heterocycles. The van der Waals surface area contributed by atoms with E-state index in [2.05, 4.69) is 9.97 Å². The molecule has 0 aromatic carbocycles. The third-order valence-corrected chi connectivity index (χ3v) is 1.44. The van der Waals surface area contributed by atoms with Gasteiger partial charge in [0.2, 0.25) is 0 Å². The van der Waals surface area contributed by atoms with E-state index in [-0.39, 0.29) is 6.10 Å². The average molecular weight is 140 g/mol. The van der Waals surface area contributed by atoms with Gasteiger partial charge in [-0.3, -0.25) is 0 Å². The number of nitrogens with one attached hydrogen (secondary N) is 1. The van der Waals surface area contributed by atoms with Crippen molar-refractivity contribution < 1.29 is 5.11 Å². The third-order valence-electron chi connectivity index (χ3n) is 1.44. The fraction of sp³-hybridized carbons (Fsp3) is 0.571. The number of aromatic amines is 1. The molecule has 56 valence electrons. The minimum absolute atomic E-state index is 0.368. The summed E-state index contributed by atoms with van der Waals surface area (Å²) in [5.41, 5.74) is 0.807. The largest absolute Gasteiger partial charge is 0.387 e. The van der Waals surface area contributed by atoms with Crippen molar-refractivity contribution in [1.82, 2.24) is 9.97 Å². The maximum Gasteiger partial charge on any atom is 0.0953 e. The highest BCUT2D eigenvalue weighted by Gasteiger charge is 2.05. The molecule has 0 aliphatic carbocycles. The minimum atomic E-state index is -0.368. The van der Waals surface area contributed by atoms with Gasteiger partial charge in [0.1, 0.15) is 0 Å². The SMILES string of the molecule is CCCC(O)c1cnc[nH]1. The molecule has 1 unspecified atom stereocenters. The van der Waals surface area contributed by atoms with Crippen LogP contribution in [0.5, 0.6) is 0 Å². The van der Waals surface area contributed by atoms with Crippen LogP contribution in [0.2, 0.25) is 0 Å². The Hall–Kier alpha value is -0.830. The summed E-state index contributed by atoms with van der Waals surface area (Å²) in [6, 6.07) is 0. The quantitative estimate of drug-likeness (QED) is 0.663. The van der Waals surface area contributed by atoms with E-state index in [1.165, 1.54) is 0 Å². The molecule has 0 radical (unpaired) electrons. The molecular weight excluding hydrogens is 128 g/mol. The molecule has 0 fully saturated rings. The number of hydrogen-bond acceptors (Lipinski definition) is 2. The van der Waals surface area contributed by atoms with Crippen LogP contribution in [0.1, 0.15) is 31.6 Å². The summed E-state index contributed by atoms with van der Waals surface area (Å²) < 4.78 is 0. The van der Waals surface area contributed by atoms with Crippen molar-refractivity contribution in [3.63, 3.8) is 0 Å². The Morgan fingerprint density at radius 1 is 1.80 bits per heavy atom. The predicted octanol–water partition coefficient (Wildman–Crippen LogP) is 1.24. The molecule has 0 bridgehead atoms. The lowest BCUT2D eigenvalue weighted by Crippen LogP contribution is -1.95. The molecule has 0 aliphatic heterocycles. The van der Waals surface area contributed by atoms with E-state index >= 15 is 0 Å². The molecular formula is C7H12N2O. The molecule has 0 aliphatic rings. The summed E-state index contributed by atoms with van der Waals surface area (Å²) >= 11 is 0. The second kappa shape index (κ2) is 3.37. The third kappa shape index (κ3) is 1.57. The molecule has 2 N–H and O–H groups in total. The molecule has 0 amide bonds. The Labute approximate surface area is 60.1 Å². The first-order valence-electron chi connectivity index (χ1n) is 3.51. The zero-order valence-electron chi connectivity index (χ0n) is 6.04. The zero-order valence-corrected chi connectivity index (χ0v) is 6.04. The van der Waals surface area contributed by atoms with E-state index in [1.54, 1.807) is 12.5 Å². The molecule has 0 saturated carbocycles. The van der Waals surface area contributed by atoms with Gasteiger partial charge in [-0.2, -0.15) is 0 Å². The summed E-state index contributed by atoms with van der Waals surface area (Å²) in [5, 5.41) is 9.34. The van der Waals surface area contributed by atoms with E-state index in [1.807, 2.05) is 6.92 Å². The van der Waals surface area contributed by atoms with Crippen molar-refractivity contribution >= 4 is 0 Å². The van der Waals surface area contributed by atoms with Crippen LogP contribution < -0.4 is 0 Å². The average Bonchev–Trinajstić information content (AvgIpc) is 2.38. The van der Waals surface area contributed by atoms with Gasteiger partial charge in [0, 0.05) is 0 Å². The van der Waals surface area contributed by atoms with Crippen LogP contribution in [-0.2, 0) is 0 Å². The normalized spacial score (nSPS) is 13.4. The topological polar surface area (TPSA) is 48.9 Å². The molecule has 0 spiro atoms. The fourth-order valence-corrected chi connectivity index (χ4v) is 0.878. The summed E-state index contributed by atoms with van der Waals surface area (Å²) in [7, 11) is 0. The zero-order chi connectivity index (χ0) is 7.40. The second-order valence-electron chi connectivity index (χ2n) is 2.31. The number of aromatic nitrogens is 2. The lowest BCUT2D eigenvalue weighted by molar-refractivity contribution is 0.162. The molecule has 10 heavy (non-hydrogen) atoms. The lowest BCUT2D eigenvalue weighted by atomic mass is 10.2. The number of aliphatic hydroxyl groups is 1.